The number of H-pyrrole nitrogens is 1. The third kappa shape index (κ3) is 6.78. The van der Waals surface area contributed by atoms with Gasteiger partial charge in [-0.05, 0) is 41.3 Å². The van der Waals surface area contributed by atoms with E-state index >= 15 is 0 Å². The Kier molecular flexibility index (Phi) is 8.29. The summed E-state index contributed by atoms with van der Waals surface area (Å²) in [6.45, 7) is 0.467. The van der Waals surface area contributed by atoms with Gasteiger partial charge in [-0.3, -0.25) is 4.79 Å². The van der Waals surface area contributed by atoms with Gasteiger partial charge in [0.25, 0.3) is 0 Å². The number of alkyl carbamates (subject to hydrolysis) is 1. The summed E-state index contributed by atoms with van der Waals surface area (Å²) in [5, 5.41) is 7.73. The number of para-hydroxylation sites is 1. The number of hydrogen-bond donors (Lipinski definition) is 3. The van der Waals surface area contributed by atoms with Crippen LogP contribution < -0.4 is 10.6 Å². The maximum atomic E-state index is 13.1. The third-order valence-electron chi connectivity index (χ3n) is 5.63. The van der Waals surface area contributed by atoms with E-state index in [-0.39, 0.29) is 12.5 Å². The number of carbonyl (C=O) groups is 2. The highest BCUT2D eigenvalue weighted by Gasteiger charge is 2.23. The van der Waals surface area contributed by atoms with Crippen molar-refractivity contribution >= 4 is 46.1 Å². The van der Waals surface area contributed by atoms with Gasteiger partial charge < -0.3 is 20.4 Å². The fourth-order valence-corrected chi connectivity index (χ4v) is 4.31. The van der Waals surface area contributed by atoms with Gasteiger partial charge in [0.15, 0.2) is 0 Å². The first-order chi connectivity index (χ1) is 17.0. The van der Waals surface area contributed by atoms with Gasteiger partial charge in [0.05, 0.1) is 0 Å². The minimum Gasteiger partial charge on any atom is -0.445 e. The van der Waals surface area contributed by atoms with Crippen LogP contribution in [0, 0.1) is 0 Å². The van der Waals surface area contributed by atoms with Crippen LogP contribution in [0.25, 0.3) is 10.9 Å². The van der Waals surface area contributed by atoms with Crippen molar-refractivity contribution in [2.45, 2.75) is 25.5 Å². The molecule has 4 rings (SSSR count). The fraction of sp³-hybridized carbons (Fsp3) is 0.185. The maximum Gasteiger partial charge on any atom is 0.408 e. The van der Waals surface area contributed by atoms with E-state index in [2.05, 4.69) is 15.6 Å². The first-order valence-electron chi connectivity index (χ1n) is 11.2. The average Bonchev–Trinajstić information content (AvgIpc) is 3.27. The number of nitrogens with one attached hydrogen (secondary N) is 3. The van der Waals surface area contributed by atoms with Gasteiger partial charge in [-0.2, -0.15) is 0 Å². The van der Waals surface area contributed by atoms with E-state index in [1.807, 2.05) is 66.9 Å². The van der Waals surface area contributed by atoms with Crippen LogP contribution in [0.3, 0.4) is 0 Å². The summed E-state index contributed by atoms with van der Waals surface area (Å²) in [6.07, 6.45) is 2.03. The molecule has 35 heavy (non-hydrogen) atoms. The van der Waals surface area contributed by atoms with E-state index in [1.54, 1.807) is 12.1 Å². The van der Waals surface area contributed by atoms with Crippen LogP contribution in [-0.2, 0) is 29.0 Å². The van der Waals surface area contributed by atoms with Crippen molar-refractivity contribution in [3.8, 4) is 0 Å². The molecule has 4 aromatic rings. The second kappa shape index (κ2) is 11.8. The van der Waals surface area contributed by atoms with Gasteiger partial charge in [0.1, 0.15) is 12.6 Å². The smallest absolute Gasteiger partial charge is 0.408 e. The Morgan fingerprint density at radius 1 is 0.943 bits per heavy atom. The van der Waals surface area contributed by atoms with Gasteiger partial charge in [0.2, 0.25) is 5.91 Å². The Morgan fingerprint density at radius 2 is 1.71 bits per heavy atom. The molecule has 0 aliphatic rings. The topological polar surface area (TPSA) is 83.2 Å². The lowest BCUT2D eigenvalue weighted by Gasteiger charge is -2.18. The van der Waals surface area contributed by atoms with Crippen molar-refractivity contribution in [1.29, 1.82) is 0 Å². The standard InChI is InChI=1S/C27H25Cl2N3O3/c28-21-11-10-19(23(29)15-21)12-13-30-26(33)25(14-20-16-31-24-9-5-4-8-22(20)24)32-27(34)35-17-18-6-2-1-3-7-18/h1-11,15-16,25,31H,12-14,17H2,(H,30,33)(H,32,34). The third-order valence-corrected chi connectivity index (χ3v) is 6.22. The van der Waals surface area contributed by atoms with Crippen molar-refractivity contribution < 1.29 is 14.3 Å². The van der Waals surface area contributed by atoms with Crippen molar-refractivity contribution in [3.63, 3.8) is 0 Å². The van der Waals surface area contributed by atoms with E-state index in [0.29, 0.717) is 29.4 Å². The quantitative estimate of drug-likeness (QED) is 0.271. The van der Waals surface area contributed by atoms with Gasteiger partial charge in [-0.1, -0.05) is 77.8 Å². The Labute approximate surface area is 213 Å². The molecule has 6 nitrogen and oxygen atoms in total. The summed E-state index contributed by atoms with van der Waals surface area (Å²) in [4.78, 5) is 28.8. The van der Waals surface area contributed by atoms with Crippen molar-refractivity contribution in [2.75, 3.05) is 6.54 Å². The Morgan fingerprint density at radius 3 is 2.51 bits per heavy atom. The fourth-order valence-electron chi connectivity index (χ4n) is 3.80. The zero-order chi connectivity index (χ0) is 24.6. The predicted molar refractivity (Wildman–Crippen MR) is 139 cm³/mol. The molecule has 0 bridgehead atoms. The number of carbonyl (C=O) groups excluding carboxylic acids is 2. The summed E-state index contributed by atoms with van der Waals surface area (Å²) >= 11 is 12.2. The molecule has 0 aliphatic heterocycles. The molecule has 1 unspecified atom stereocenters. The van der Waals surface area contributed by atoms with Crippen molar-refractivity contribution in [2.24, 2.45) is 0 Å². The van der Waals surface area contributed by atoms with Crippen LogP contribution in [0.5, 0.6) is 0 Å². The predicted octanol–water partition coefficient (Wildman–Crippen LogP) is 5.67. The van der Waals surface area contributed by atoms with Crippen LogP contribution in [0.2, 0.25) is 10.0 Å². The summed E-state index contributed by atoms with van der Waals surface area (Å²) in [5.41, 5.74) is 3.62. The summed E-state index contributed by atoms with van der Waals surface area (Å²) in [7, 11) is 0. The van der Waals surface area contributed by atoms with Crippen LogP contribution in [0.4, 0.5) is 4.79 Å². The van der Waals surface area contributed by atoms with Crippen LogP contribution in [0.1, 0.15) is 16.7 Å². The molecule has 180 valence electrons. The van der Waals surface area contributed by atoms with Crippen LogP contribution >= 0.6 is 23.2 Å². The largest absolute Gasteiger partial charge is 0.445 e. The second-order valence-electron chi connectivity index (χ2n) is 8.10. The summed E-state index contributed by atoms with van der Waals surface area (Å²) in [5.74, 6) is -0.308. The molecule has 0 radical (unpaired) electrons. The molecule has 1 atom stereocenters. The molecule has 3 N–H and O–H groups in total. The zero-order valence-corrected chi connectivity index (χ0v) is 20.4. The zero-order valence-electron chi connectivity index (χ0n) is 18.9. The first kappa shape index (κ1) is 24.6. The number of rotatable bonds is 9. The monoisotopic (exact) mass is 509 g/mol. The molecule has 3 aromatic carbocycles. The van der Waals surface area contributed by atoms with E-state index in [1.165, 1.54) is 0 Å². The number of aromatic nitrogens is 1. The molecule has 0 aliphatic carbocycles. The number of fused-ring (bicyclic) bond motifs is 1. The van der Waals surface area contributed by atoms with Crippen molar-refractivity contribution in [3.05, 3.63) is 106 Å². The van der Waals surface area contributed by atoms with Gasteiger partial charge in [0, 0.05) is 40.1 Å². The second-order valence-corrected chi connectivity index (χ2v) is 8.94. The molecule has 0 saturated carbocycles. The molecule has 0 spiro atoms. The van der Waals surface area contributed by atoms with Gasteiger partial charge >= 0.3 is 6.09 Å². The highest BCUT2D eigenvalue weighted by atomic mass is 35.5. The molecule has 0 saturated heterocycles. The number of aromatic amines is 1. The summed E-state index contributed by atoms with van der Waals surface area (Å²) < 4.78 is 5.35. The highest BCUT2D eigenvalue weighted by molar-refractivity contribution is 6.35. The number of benzene rings is 3. The lowest BCUT2D eigenvalue weighted by atomic mass is 10.0. The van der Waals surface area contributed by atoms with Gasteiger partial charge in [-0.25, -0.2) is 4.79 Å². The molecule has 2 amide bonds. The highest BCUT2D eigenvalue weighted by Crippen LogP contribution is 2.21. The SMILES string of the molecule is O=C(NC(Cc1c[nH]c2ccccc12)C(=O)NCCc1ccc(Cl)cc1Cl)OCc1ccccc1. The maximum absolute atomic E-state index is 13.1. The minimum atomic E-state index is -0.821. The van der Waals surface area contributed by atoms with E-state index in [9.17, 15) is 9.59 Å². The normalized spacial score (nSPS) is 11.7. The lowest BCUT2D eigenvalue weighted by molar-refractivity contribution is -0.123. The summed E-state index contributed by atoms with van der Waals surface area (Å²) in [6, 6.07) is 21.6. The van der Waals surface area contributed by atoms with E-state index in [0.717, 1.165) is 27.6 Å². The number of hydrogen-bond acceptors (Lipinski definition) is 3. The first-order valence-corrected chi connectivity index (χ1v) is 12.0. The Bertz CT molecular complexity index is 1310. The Balaban J connectivity index is 1.42. The molecular formula is C27H25Cl2N3O3. The molecular weight excluding hydrogens is 485 g/mol. The van der Waals surface area contributed by atoms with E-state index < -0.39 is 12.1 Å². The molecule has 1 heterocycles. The molecule has 0 fully saturated rings. The molecule has 1 aromatic heterocycles. The molecule has 8 heteroatoms. The van der Waals surface area contributed by atoms with Crippen LogP contribution in [-0.4, -0.2) is 29.6 Å². The van der Waals surface area contributed by atoms with Crippen LogP contribution in [0.15, 0.2) is 79.0 Å². The number of ether oxygens (including phenoxy) is 1. The van der Waals surface area contributed by atoms with E-state index in [4.69, 9.17) is 27.9 Å². The van der Waals surface area contributed by atoms with Gasteiger partial charge in [-0.15, -0.1) is 0 Å². The lowest BCUT2D eigenvalue weighted by Crippen LogP contribution is -2.48. The number of halogens is 2. The number of amides is 2. The van der Waals surface area contributed by atoms with Crippen molar-refractivity contribution in [1.82, 2.24) is 15.6 Å². The average molecular weight is 510 g/mol. The Hall–Kier alpha value is -3.48. The minimum absolute atomic E-state index is 0.114.